The highest BCUT2D eigenvalue weighted by Crippen LogP contribution is 2.40. The van der Waals surface area contributed by atoms with Crippen molar-refractivity contribution in [2.75, 3.05) is 27.4 Å². The van der Waals surface area contributed by atoms with Crippen LogP contribution in [0, 0.1) is 5.41 Å². The number of furan rings is 1. The molecule has 124 valence electrons. The molecule has 0 radical (unpaired) electrons. The molecule has 1 aromatic heterocycles. The molecule has 1 aliphatic rings. The second kappa shape index (κ2) is 7.20. The summed E-state index contributed by atoms with van der Waals surface area (Å²) in [5, 5.41) is 3.52. The Morgan fingerprint density at radius 2 is 1.87 bits per heavy atom. The molecule has 1 heterocycles. The van der Waals surface area contributed by atoms with Gasteiger partial charge in [0.2, 0.25) is 0 Å². The SMILES string of the molecule is COCC1(CNCc2ccc(-c3ccc(OC)cc3)o2)CCC1. The summed E-state index contributed by atoms with van der Waals surface area (Å²) in [5.74, 6) is 2.70. The van der Waals surface area contributed by atoms with Crippen molar-refractivity contribution in [1.29, 1.82) is 0 Å². The summed E-state index contributed by atoms with van der Waals surface area (Å²) >= 11 is 0. The molecule has 1 N–H and O–H groups in total. The molecular formula is C19H25NO3. The van der Waals surface area contributed by atoms with Crippen molar-refractivity contribution in [1.82, 2.24) is 5.32 Å². The third-order valence-electron chi connectivity index (χ3n) is 4.70. The largest absolute Gasteiger partial charge is 0.497 e. The lowest BCUT2D eigenvalue weighted by molar-refractivity contribution is 0.0174. The maximum Gasteiger partial charge on any atom is 0.134 e. The quantitative estimate of drug-likeness (QED) is 0.803. The van der Waals surface area contributed by atoms with E-state index in [1.54, 1.807) is 14.2 Å². The van der Waals surface area contributed by atoms with Crippen LogP contribution in [-0.4, -0.2) is 27.4 Å². The Kier molecular flexibility index (Phi) is 5.03. The van der Waals surface area contributed by atoms with Gasteiger partial charge in [-0.3, -0.25) is 0 Å². The molecule has 0 spiro atoms. The highest BCUT2D eigenvalue weighted by molar-refractivity contribution is 5.58. The van der Waals surface area contributed by atoms with Gasteiger partial charge in [-0.1, -0.05) is 6.42 Å². The van der Waals surface area contributed by atoms with E-state index in [0.717, 1.165) is 42.5 Å². The third kappa shape index (κ3) is 3.77. The van der Waals surface area contributed by atoms with Gasteiger partial charge in [0.15, 0.2) is 0 Å². The first-order chi connectivity index (χ1) is 11.2. The summed E-state index contributed by atoms with van der Waals surface area (Å²) in [5.41, 5.74) is 1.40. The van der Waals surface area contributed by atoms with Gasteiger partial charge in [-0.25, -0.2) is 0 Å². The summed E-state index contributed by atoms with van der Waals surface area (Å²) < 4.78 is 16.5. The van der Waals surface area contributed by atoms with Crippen molar-refractivity contribution in [2.45, 2.75) is 25.8 Å². The van der Waals surface area contributed by atoms with E-state index in [4.69, 9.17) is 13.9 Å². The summed E-state index contributed by atoms with van der Waals surface area (Å²) in [6.07, 6.45) is 3.82. The van der Waals surface area contributed by atoms with Crippen molar-refractivity contribution in [3.8, 4) is 17.1 Å². The molecule has 0 atom stereocenters. The van der Waals surface area contributed by atoms with E-state index in [0.29, 0.717) is 5.41 Å². The van der Waals surface area contributed by atoms with E-state index >= 15 is 0 Å². The Morgan fingerprint density at radius 3 is 2.48 bits per heavy atom. The second-order valence-electron chi connectivity index (χ2n) is 6.38. The van der Waals surface area contributed by atoms with Gasteiger partial charge in [-0.05, 0) is 49.2 Å². The standard InChI is InChI=1S/C19H25NO3/c1-21-14-19(10-3-11-19)13-20-12-17-8-9-18(23-17)15-4-6-16(22-2)7-5-15/h4-9,20H,3,10-14H2,1-2H3. The van der Waals surface area contributed by atoms with Gasteiger partial charge < -0.3 is 19.2 Å². The highest BCUT2D eigenvalue weighted by atomic mass is 16.5. The lowest BCUT2D eigenvalue weighted by Gasteiger charge is -2.41. The summed E-state index contributed by atoms with van der Waals surface area (Å²) in [4.78, 5) is 0. The lowest BCUT2D eigenvalue weighted by atomic mass is 9.69. The molecule has 1 aromatic carbocycles. The molecule has 0 aliphatic heterocycles. The third-order valence-corrected chi connectivity index (χ3v) is 4.70. The zero-order valence-corrected chi connectivity index (χ0v) is 13.9. The monoisotopic (exact) mass is 315 g/mol. The van der Waals surface area contributed by atoms with E-state index in [-0.39, 0.29) is 0 Å². The Balaban J connectivity index is 1.54. The van der Waals surface area contributed by atoms with Gasteiger partial charge in [-0.15, -0.1) is 0 Å². The molecule has 1 aliphatic carbocycles. The molecule has 0 unspecified atom stereocenters. The summed E-state index contributed by atoms with van der Waals surface area (Å²) in [6.45, 7) is 2.58. The fourth-order valence-electron chi connectivity index (χ4n) is 3.19. The van der Waals surface area contributed by atoms with Crippen molar-refractivity contribution >= 4 is 0 Å². The first kappa shape index (κ1) is 16.1. The van der Waals surface area contributed by atoms with Crippen LogP contribution in [-0.2, 0) is 11.3 Å². The smallest absolute Gasteiger partial charge is 0.134 e. The van der Waals surface area contributed by atoms with Crippen LogP contribution >= 0.6 is 0 Å². The van der Waals surface area contributed by atoms with Crippen LogP contribution in [0.5, 0.6) is 5.75 Å². The molecule has 0 amide bonds. The number of hydrogen-bond donors (Lipinski definition) is 1. The number of benzene rings is 1. The Morgan fingerprint density at radius 1 is 1.09 bits per heavy atom. The van der Waals surface area contributed by atoms with Gasteiger partial charge in [0.25, 0.3) is 0 Å². The highest BCUT2D eigenvalue weighted by Gasteiger charge is 2.36. The number of hydrogen-bond acceptors (Lipinski definition) is 4. The molecule has 23 heavy (non-hydrogen) atoms. The average molecular weight is 315 g/mol. The summed E-state index contributed by atoms with van der Waals surface area (Å²) in [7, 11) is 3.46. The van der Waals surface area contributed by atoms with Gasteiger partial charge in [-0.2, -0.15) is 0 Å². The normalized spacial score (nSPS) is 16.1. The Bertz CT molecular complexity index is 614. The van der Waals surface area contributed by atoms with Crippen LogP contribution in [0.4, 0.5) is 0 Å². The van der Waals surface area contributed by atoms with Crippen LogP contribution in [0.15, 0.2) is 40.8 Å². The fraction of sp³-hybridized carbons (Fsp3) is 0.474. The van der Waals surface area contributed by atoms with Crippen molar-refractivity contribution in [2.24, 2.45) is 5.41 Å². The zero-order valence-electron chi connectivity index (χ0n) is 13.9. The van der Waals surface area contributed by atoms with E-state index in [2.05, 4.69) is 5.32 Å². The molecular weight excluding hydrogens is 290 g/mol. The molecule has 1 saturated carbocycles. The van der Waals surface area contributed by atoms with E-state index < -0.39 is 0 Å². The van der Waals surface area contributed by atoms with E-state index in [9.17, 15) is 0 Å². The fourth-order valence-corrected chi connectivity index (χ4v) is 3.19. The van der Waals surface area contributed by atoms with Crippen molar-refractivity contribution in [3.63, 3.8) is 0 Å². The number of rotatable bonds is 8. The average Bonchev–Trinajstić information content (AvgIpc) is 3.01. The predicted molar refractivity (Wildman–Crippen MR) is 90.6 cm³/mol. The topological polar surface area (TPSA) is 43.6 Å². The second-order valence-corrected chi connectivity index (χ2v) is 6.38. The minimum atomic E-state index is 0.333. The predicted octanol–water partition coefficient (Wildman–Crippen LogP) is 3.86. The van der Waals surface area contributed by atoms with Gasteiger partial charge in [0, 0.05) is 24.6 Å². The van der Waals surface area contributed by atoms with Gasteiger partial charge >= 0.3 is 0 Å². The number of ether oxygens (including phenoxy) is 2. The minimum absolute atomic E-state index is 0.333. The number of methoxy groups -OCH3 is 2. The molecule has 2 aromatic rings. The molecule has 1 fully saturated rings. The zero-order chi connectivity index (χ0) is 16.1. The van der Waals surface area contributed by atoms with Crippen LogP contribution in [0.2, 0.25) is 0 Å². The van der Waals surface area contributed by atoms with Gasteiger partial charge in [0.05, 0.1) is 20.3 Å². The number of nitrogens with one attached hydrogen (secondary N) is 1. The van der Waals surface area contributed by atoms with Crippen LogP contribution in [0.25, 0.3) is 11.3 Å². The molecule has 0 bridgehead atoms. The first-order valence-electron chi connectivity index (χ1n) is 8.17. The van der Waals surface area contributed by atoms with Crippen LogP contribution in [0.1, 0.15) is 25.0 Å². The van der Waals surface area contributed by atoms with Crippen LogP contribution < -0.4 is 10.1 Å². The molecule has 0 saturated heterocycles. The van der Waals surface area contributed by atoms with Crippen molar-refractivity contribution < 1.29 is 13.9 Å². The Hall–Kier alpha value is -1.78. The minimum Gasteiger partial charge on any atom is -0.497 e. The maximum absolute atomic E-state index is 5.94. The Labute approximate surface area is 137 Å². The lowest BCUT2D eigenvalue weighted by Crippen LogP contribution is -2.43. The van der Waals surface area contributed by atoms with E-state index in [1.807, 2.05) is 36.4 Å². The molecule has 4 heteroatoms. The van der Waals surface area contributed by atoms with Crippen LogP contribution in [0.3, 0.4) is 0 Å². The van der Waals surface area contributed by atoms with Gasteiger partial charge in [0.1, 0.15) is 17.3 Å². The summed E-state index contributed by atoms with van der Waals surface area (Å²) in [6, 6.07) is 12.0. The maximum atomic E-state index is 5.94. The van der Waals surface area contributed by atoms with E-state index in [1.165, 1.54) is 19.3 Å². The molecule has 3 rings (SSSR count). The molecule has 4 nitrogen and oxygen atoms in total. The van der Waals surface area contributed by atoms with Crippen molar-refractivity contribution in [3.05, 3.63) is 42.2 Å². The first-order valence-corrected chi connectivity index (χ1v) is 8.17.